The second-order valence-corrected chi connectivity index (χ2v) is 1.98. The van der Waals surface area contributed by atoms with Crippen LogP contribution in [0.3, 0.4) is 0 Å². The molecule has 1 aliphatic rings. The molecule has 2 atom stereocenters. The van der Waals surface area contributed by atoms with E-state index in [4.69, 9.17) is 5.26 Å². The number of alkyl halides is 1. The van der Waals surface area contributed by atoms with Crippen molar-refractivity contribution in [3.63, 3.8) is 0 Å². The van der Waals surface area contributed by atoms with Crippen LogP contribution in [-0.4, -0.2) is 25.4 Å². The minimum absolute atomic E-state index is 0.0121. The maximum atomic E-state index is 12.5. The van der Waals surface area contributed by atoms with Crippen LogP contribution in [0.2, 0.25) is 0 Å². The Kier molecular flexibility index (Phi) is 2.82. The summed E-state index contributed by atoms with van der Waals surface area (Å²) in [5.74, 6) is 0. The van der Waals surface area contributed by atoms with Crippen molar-refractivity contribution in [1.29, 1.82) is 5.26 Å². The maximum absolute atomic E-state index is 12.5. The van der Waals surface area contributed by atoms with Gasteiger partial charge in [-0.25, -0.2) is 4.79 Å². The zero-order chi connectivity index (χ0) is 8.97. The van der Waals surface area contributed by atoms with Crippen molar-refractivity contribution >= 4 is 6.16 Å². The monoisotopic (exact) mass is 175 g/mol. The van der Waals surface area contributed by atoms with Gasteiger partial charge in [0.25, 0.3) is 6.29 Å². The molecule has 1 fully saturated rings. The highest BCUT2D eigenvalue weighted by Crippen LogP contribution is 2.17. The van der Waals surface area contributed by atoms with Gasteiger partial charge in [-0.15, -0.1) is 0 Å². The van der Waals surface area contributed by atoms with Gasteiger partial charge < -0.3 is 14.2 Å². The van der Waals surface area contributed by atoms with Gasteiger partial charge in [0.1, 0.15) is 0 Å². The molecular formula is C6H6FNO4. The summed E-state index contributed by atoms with van der Waals surface area (Å²) >= 11 is 0. The van der Waals surface area contributed by atoms with Crippen LogP contribution in [0.15, 0.2) is 0 Å². The van der Waals surface area contributed by atoms with Crippen molar-refractivity contribution in [3.8, 4) is 6.07 Å². The number of carbonyl (C=O) groups is 1. The second-order valence-electron chi connectivity index (χ2n) is 1.98. The predicted molar refractivity (Wildman–Crippen MR) is 32.4 cm³/mol. The standard InChI is InChI=1S/C6H6FNO4/c7-4-5(10-3-1-2-8)12-6(9)11-4/h4-5H,1,3H2. The number of halogens is 1. The number of ether oxygens (including phenoxy) is 3. The van der Waals surface area contributed by atoms with Gasteiger partial charge in [0, 0.05) is 0 Å². The number of carbonyl (C=O) groups excluding carboxylic acids is 1. The van der Waals surface area contributed by atoms with E-state index in [0.717, 1.165) is 0 Å². The molecular weight excluding hydrogens is 169 g/mol. The lowest BCUT2D eigenvalue weighted by Gasteiger charge is -2.07. The Balaban J connectivity index is 2.24. The minimum atomic E-state index is -1.89. The van der Waals surface area contributed by atoms with Crippen molar-refractivity contribution < 1.29 is 23.4 Å². The summed E-state index contributed by atoms with van der Waals surface area (Å²) in [5.41, 5.74) is 0. The molecule has 0 aromatic carbocycles. The van der Waals surface area contributed by atoms with E-state index in [9.17, 15) is 9.18 Å². The lowest BCUT2D eigenvalue weighted by atomic mass is 10.5. The zero-order valence-corrected chi connectivity index (χ0v) is 6.03. The van der Waals surface area contributed by atoms with Gasteiger partial charge in [-0.3, -0.25) is 0 Å². The molecule has 0 aliphatic carbocycles. The van der Waals surface area contributed by atoms with E-state index in [2.05, 4.69) is 14.2 Å². The second kappa shape index (κ2) is 3.88. The first-order valence-electron chi connectivity index (χ1n) is 3.24. The van der Waals surface area contributed by atoms with E-state index in [-0.39, 0.29) is 13.0 Å². The van der Waals surface area contributed by atoms with Crippen LogP contribution in [-0.2, 0) is 14.2 Å². The number of rotatable bonds is 3. The number of hydrogen-bond donors (Lipinski definition) is 0. The van der Waals surface area contributed by atoms with Crippen molar-refractivity contribution in [2.24, 2.45) is 0 Å². The largest absolute Gasteiger partial charge is 0.513 e. The first-order valence-corrected chi connectivity index (χ1v) is 3.24. The first kappa shape index (κ1) is 8.74. The molecule has 2 unspecified atom stereocenters. The molecule has 1 saturated heterocycles. The van der Waals surface area contributed by atoms with E-state index < -0.39 is 18.8 Å². The molecule has 0 bridgehead atoms. The van der Waals surface area contributed by atoms with Gasteiger partial charge in [0.2, 0.25) is 0 Å². The number of hydrogen-bond acceptors (Lipinski definition) is 5. The van der Waals surface area contributed by atoms with Crippen molar-refractivity contribution in [3.05, 3.63) is 0 Å². The summed E-state index contributed by atoms with van der Waals surface area (Å²) in [7, 11) is 0. The fourth-order valence-electron chi connectivity index (χ4n) is 0.654. The predicted octanol–water partition coefficient (Wildman–Crippen LogP) is 0.705. The van der Waals surface area contributed by atoms with Crippen LogP contribution in [0.25, 0.3) is 0 Å². The molecule has 5 nitrogen and oxygen atoms in total. The van der Waals surface area contributed by atoms with E-state index >= 15 is 0 Å². The quantitative estimate of drug-likeness (QED) is 0.466. The van der Waals surface area contributed by atoms with E-state index in [0.29, 0.717) is 0 Å². The smallest absolute Gasteiger partial charge is 0.397 e. The molecule has 12 heavy (non-hydrogen) atoms. The number of cyclic esters (lactones) is 2. The topological polar surface area (TPSA) is 68.5 Å². The van der Waals surface area contributed by atoms with Crippen LogP contribution in [0.1, 0.15) is 6.42 Å². The normalized spacial score (nSPS) is 27.5. The van der Waals surface area contributed by atoms with Gasteiger partial charge in [0.15, 0.2) is 0 Å². The Morgan fingerprint density at radius 2 is 2.42 bits per heavy atom. The SMILES string of the molecule is N#CCCOC1OC(=O)OC1F. The Morgan fingerprint density at radius 1 is 1.67 bits per heavy atom. The summed E-state index contributed by atoms with van der Waals surface area (Å²) in [6, 6.07) is 1.79. The fourth-order valence-corrected chi connectivity index (χ4v) is 0.654. The zero-order valence-electron chi connectivity index (χ0n) is 6.03. The van der Waals surface area contributed by atoms with Crippen LogP contribution in [0, 0.1) is 11.3 Å². The molecule has 0 amide bonds. The Morgan fingerprint density at radius 3 is 2.92 bits per heavy atom. The summed E-state index contributed by atoms with van der Waals surface area (Å²) in [6.45, 7) is 0.0121. The Bertz CT molecular complexity index is 214. The van der Waals surface area contributed by atoms with Crippen LogP contribution < -0.4 is 0 Å². The van der Waals surface area contributed by atoms with Gasteiger partial charge >= 0.3 is 12.5 Å². The highest BCUT2D eigenvalue weighted by atomic mass is 19.1. The minimum Gasteiger partial charge on any atom is -0.397 e. The van der Waals surface area contributed by atoms with Crippen LogP contribution in [0.5, 0.6) is 0 Å². The van der Waals surface area contributed by atoms with Gasteiger partial charge in [-0.1, -0.05) is 0 Å². The third kappa shape index (κ3) is 2.07. The molecule has 66 valence electrons. The Hall–Kier alpha value is -1.35. The molecule has 6 heteroatoms. The highest BCUT2D eigenvalue weighted by Gasteiger charge is 2.37. The summed E-state index contributed by atoms with van der Waals surface area (Å²) in [5, 5.41) is 8.10. The van der Waals surface area contributed by atoms with Crippen molar-refractivity contribution in [2.75, 3.05) is 6.61 Å². The molecule has 1 rings (SSSR count). The number of nitriles is 1. The van der Waals surface area contributed by atoms with E-state index in [1.165, 1.54) is 0 Å². The highest BCUT2D eigenvalue weighted by molar-refractivity contribution is 5.61. The van der Waals surface area contributed by atoms with Crippen LogP contribution in [0.4, 0.5) is 9.18 Å². The third-order valence-corrected chi connectivity index (χ3v) is 1.13. The molecule has 1 aliphatic heterocycles. The molecule has 0 aromatic rings. The summed E-state index contributed by atoms with van der Waals surface area (Å²) in [6.07, 6.45) is -4.20. The average molecular weight is 175 g/mol. The lowest BCUT2D eigenvalue weighted by molar-refractivity contribution is -0.134. The summed E-state index contributed by atoms with van der Waals surface area (Å²) in [4.78, 5) is 10.3. The number of nitrogens with zero attached hydrogens (tertiary/aromatic N) is 1. The first-order chi connectivity index (χ1) is 5.74. The molecule has 0 aromatic heterocycles. The van der Waals surface area contributed by atoms with Gasteiger partial charge in [0.05, 0.1) is 19.1 Å². The maximum Gasteiger partial charge on any atom is 0.513 e. The van der Waals surface area contributed by atoms with E-state index in [1.54, 1.807) is 6.07 Å². The molecule has 0 saturated carbocycles. The van der Waals surface area contributed by atoms with E-state index in [1.807, 2.05) is 0 Å². The molecule has 0 radical (unpaired) electrons. The van der Waals surface area contributed by atoms with Crippen molar-refractivity contribution in [2.45, 2.75) is 19.1 Å². The average Bonchev–Trinajstić information content (AvgIpc) is 2.31. The van der Waals surface area contributed by atoms with Crippen molar-refractivity contribution in [1.82, 2.24) is 0 Å². The molecule has 0 N–H and O–H groups in total. The van der Waals surface area contributed by atoms with Crippen LogP contribution >= 0.6 is 0 Å². The molecule has 0 spiro atoms. The summed E-state index contributed by atoms with van der Waals surface area (Å²) < 4.78 is 25.4. The third-order valence-electron chi connectivity index (χ3n) is 1.13. The fraction of sp³-hybridized carbons (Fsp3) is 0.667. The van der Waals surface area contributed by atoms with Gasteiger partial charge in [-0.2, -0.15) is 9.65 Å². The Labute approximate surface area is 67.6 Å². The van der Waals surface area contributed by atoms with Gasteiger partial charge in [-0.05, 0) is 0 Å². The molecule has 1 heterocycles. The lowest BCUT2D eigenvalue weighted by Crippen LogP contribution is -2.21.